The Morgan fingerprint density at radius 2 is 1.03 bits per heavy atom. The van der Waals surface area contributed by atoms with E-state index in [1.807, 2.05) is 27.7 Å². The highest BCUT2D eigenvalue weighted by molar-refractivity contribution is 7.80. The molecule has 23 heteroatoms. The Morgan fingerprint density at radius 1 is 0.565 bits per heavy atom. The molecule has 0 spiro atoms. The first-order valence-electron chi connectivity index (χ1n) is 23.1. The molecule has 0 aromatic heterocycles. The zero-order valence-corrected chi connectivity index (χ0v) is 41.9. The summed E-state index contributed by atoms with van der Waals surface area (Å²) in [6.07, 6.45) is -1.73. The summed E-state index contributed by atoms with van der Waals surface area (Å²) in [5, 5.41) is 49.2. The number of hydrogen-bond acceptors (Lipinski definition) is 13. The molecule has 388 valence electrons. The molecule has 0 heterocycles. The number of amides is 8. The molecule has 0 saturated heterocycles. The molecular formula is C46H75N9O13S. The van der Waals surface area contributed by atoms with Crippen molar-refractivity contribution in [2.45, 2.75) is 155 Å². The van der Waals surface area contributed by atoms with Crippen molar-refractivity contribution in [2.24, 2.45) is 29.4 Å². The number of nitrogens with two attached hydrogens (primary N) is 1. The lowest BCUT2D eigenvalue weighted by atomic mass is 9.96. The maximum atomic E-state index is 14.0. The second-order valence-electron chi connectivity index (χ2n) is 18.5. The van der Waals surface area contributed by atoms with Gasteiger partial charge in [0.15, 0.2) is 0 Å². The standard InChI is InChI=1S/C46H75N9O13S/c1-10-26(8)37(44(65)55-38(27(9)56)45(66)53-34(22-69)46(67)68)54-43(64)31(18-25(6)7)51-42(63)33(20-36(58)59)52-41(62)32(19-28-14-12-11-13-15-28)49-35(57)21-48-40(61)30(17-24(4)5)50-39(60)29(47)16-23(2)3/h11-15,23-27,29-34,37-38,56,69H,10,16-22,47H2,1-9H3,(H,48,61)(H,49,57)(H,50,60)(H,51,63)(H,52,62)(H,53,66)(H,54,64)(H,55,65)(H,58,59)(H,67,68)/t26-,27+,29-,30-,31-,32-,33-,34-,37-,38-/m0/s1. The van der Waals surface area contributed by atoms with Crippen LogP contribution in [0.3, 0.4) is 0 Å². The number of carboxylic acids is 2. The molecule has 0 bridgehead atoms. The van der Waals surface area contributed by atoms with Crippen LogP contribution in [0.4, 0.5) is 0 Å². The van der Waals surface area contributed by atoms with Gasteiger partial charge in [0.25, 0.3) is 0 Å². The molecule has 0 unspecified atom stereocenters. The Labute approximate surface area is 409 Å². The number of aliphatic hydroxyl groups excluding tert-OH is 1. The Kier molecular flexibility index (Phi) is 27.2. The zero-order valence-electron chi connectivity index (χ0n) is 41.0. The van der Waals surface area contributed by atoms with Crippen molar-refractivity contribution < 1.29 is 63.3 Å². The summed E-state index contributed by atoms with van der Waals surface area (Å²) in [5.74, 6) is -10.9. The summed E-state index contributed by atoms with van der Waals surface area (Å²) in [7, 11) is 0. The number of nitrogens with one attached hydrogen (secondary N) is 8. The van der Waals surface area contributed by atoms with Crippen LogP contribution in [0.25, 0.3) is 0 Å². The van der Waals surface area contributed by atoms with E-state index in [0.717, 1.165) is 0 Å². The van der Waals surface area contributed by atoms with E-state index in [1.165, 1.54) is 6.92 Å². The Balaban J connectivity index is 3.38. The van der Waals surface area contributed by atoms with Gasteiger partial charge in [-0.2, -0.15) is 12.6 Å². The summed E-state index contributed by atoms with van der Waals surface area (Å²) < 4.78 is 0. The van der Waals surface area contributed by atoms with E-state index < -0.39 is 133 Å². The zero-order chi connectivity index (χ0) is 52.7. The monoisotopic (exact) mass is 994 g/mol. The van der Waals surface area contributed by atoms with Gasteiger partial charge < -0.3 is 63.6 Å². The molecule has 0 aliphatic heterocycles. The fourth-order valence-electron chi connectivity index (χ4n) is 6.87. The van der Waals surface area contributed by atoms with Gasteiger partial charge in [-0.3, -0.25) is 43.2 Å². The topological polar surface area (TPSA) is 354 Å². The third kappa shape index (κ3) is 22.9. The Bertz CT molecular complexity index is 1900. The van der Waals surface area contributed by atoms with Crippen molar-refractivity contribution in [3.63, 3.8) is 0 Å². The molecular weight excluding hydrogens is 919 g/mol. The molecule has 13 N–H and O–H groups in total. The summed E-state index contributed by atoms with van der Waals surface area (Å²) in [6, 6.07) is -2.57. The molecule has 0 radical (unpaired) electrons. The number of carboxylic acid groups (broad SMARTS) is 2. The average molecular weight is 994 g/mol. The minimum absolute atomic E-state index is 0.0361. The number of carbonyl (C=O) groups excluding carboxylic acids is 8. The number of hydrogen-bond donors (Lipinski definition) is 13. The van der Waals surface area contributed by atoms with Gasteiger partial charge in [0.2, 0.25) is 47.3 Å². The minimum atomic E-state index is -1.80. The quantitative estimate of drug-likeness (QED) is 0.0402. The van der Waals surface area contributed by atoms with Crippen LogP contribution in [0.2, 0.25) is 0 Å². The van der Waals surface area contributed by atoms with Crippen LogP contribution >= 0.6 is 12.6 Å². The van der Waals surface area contributed by atoms with Gasteiger partial charge >= 0.3 is 11.9 Å². The highest BCUT2D eigenvalue weighted by atomic mass is 32.1. The molecule has 22 nitrogen and oxygen atoms in total. The molecule has 1 aromatic carbocycles. The summed E-state index contributed by atoms with van der Waals surface area (Å²) in [6.45, 7) is 14.8. The molecule has 0 aliphatic rings. The molecule has 8 amide bonds. The van der Waals surface area contributed by atoms with Crippen molar-refractivity contribution in [2.75, 3.05) is 12.3 Å². The first-order chi connectivity index (χ1) is 32.2. The smallest absolute Gasteiger partial charge is 0.327 e. The van der Waals surface area contributed by atoms with E-state index in [0.29, 0.717) is 18.4 Å². The summed E-state index contributed by atoms with van der Waals surface area (Å²) in [5.41, 5.74) is 6.59. The van der Waals surface area contributed by atoms with Crippen LogP contribution in [0.15, 0.2) is 30.3 Å². The van der Waals surface area contributed by atoms with Gasteiger partial charge in [-0.15, -0.1) is 0 Å². The predicted molar refractivity (Wildman–Crippen MR) is 258 cm³/mol. The molecule has 0 saturated carbocycles. The Morgan fingerprint density at radius 3 is 1.52 bits per heavy atom. The van der Waals surface area contributed by atoms with Crippen LogP contribution in [-0.2, 0) is 54.4 Å². The van der Waals surface area contributed by atoms with Gasteiger partial charge in [-0.1, -0.05) is 92.1 Å². The third-order valence-electron chi connectivity index (χ3n) is 10.8. The van der Waals surface area contributed by atoms with Crippen molar-refractivity contribution in [1.29, 1.82) is 0 Å². The van der Waals surface area contributed by atoms with Crippen molar-refractivity contribution in [3.8, 4) is 0 Å². The fraction of sp³-hybridized carbons (Fsp3) is 0.652. The molecule has 69 heavy (non-hydrogen) atoms. The van der Waals surface area contributed by atoms with E-state index >= 15 is 0 Å². The lowest BCUT2D eigenvalue weighted by Gasteiger charge is -2.30. The number of aliphatic carboxylic acids is 2. The van der Waals surface area contributed by atoms with Crippen molar-refractivity contribution >= 4 is 71.8 Å². The number of aliphatic hydroxyl groups is 1. The van der Waals surface area contributed by atoms with Crippen molar-refractivity contribution in [3.05, 3.63) is 35.9 Å². The maximum Gasteiger partial charge on any atom is 0.327 e. The summed E-state index contributed by atoms with van der Waals surface area (Å²) >= 11 is 3.91. The highest BCUT2D eigenvalue weighted by Gasteiger charge is 2.37. The number of rotatable bonds is 31. The van der Waals surface area contributed by atoms with Gasteiger partial charge in [0.05, 0.1) is 25.1 Å². The van der Waals surface area contributed by atoms with E-state index in [9.17, 15) is 63.3 Å². The van der Waals surface area contributed by atoms with Gasteiger partial charge in [-0.05, 0) is 55.4 Å². The first-order valence-corrected chi connectivity index (χ1v) is 23.8. The SMILES string of the molecule is CC[C@H](C)[C@H](NC(=O)[C@H](CC(C)C)NC(=O)[C@H](CC(=O)O)NC(=O)[C@H](Cc1ccccc1)NC(=O)CNC(=O)[C@H](CC(C)C)NC(=O)[C@@H](N)CC(C)C)C(=O)N[C@H](C(=O)N[C@@H](CS)C(=O)O)[C@@H](C)O. The minimum Gasteiger partial charge on any atom is -0.481 e. The molecule has 0 aliphatic carbocycles. The van der Waals surface area contributed by atoms with Gasteiger partial charge in [0, 0.05) is 12.2 Å². The number of thiol groups is 1. The molecule has 10 atom stereocenters. The molecule has 1 aromatic rings. The lowest BCUT2D eigenvalue weighted by Crippen LogP contribution is -2.62. The second kappa shape index (κ2) is 30.6. The molecule has 1 rings (SSSR count). The lowest BCUT2D eigenvalue weighted by molar-refractivity contribution is -0.142. The van der Waals surface area contributed by atoms with E-state index in [4.69, 9.17) is 5.73 Å². The van der Waals surface area contributed by atoms with Crippen LogP contribution in [0.1, 0.15) is 100.0 Å². The van der Waals surface area contributed by atoms with Crippen LogP contribution in [-0.4, -0.2) is 141 Å². The highest BCUT2D eigenvalue weighted by Crippen LogP contribution is 2.14. The van der Waals surface area contributed by atoms with Crippen LogP contribution in [0, 0.1) is 23.7 Å². The largest absolute Gasteiger partial charge is 0.481 e. The van der Waals surface area contributed by atoms with E-state index in [-0.39, 0.29) is 42.8 Å². The summed E-state index contributed by atoms with van der Waals surface area (Å²) in [4.78, 5) is 132. The third-order valence-corrected chi connectivity index (χ3v) is 11.1. The van der Waals surface area contributed by atoms with Gasteiger partial charge in [0.1, 0.15) is 42.3 Å². The second-order valence-corrected chi connectivity index (χ2v) is 18.8. The molecule has 0 fully saturated rings. The number of carbonyl (C=O) groups is 10. The Hall–Kier alpha value is -5.81. The van der Waals surface area contributed by atoms with E-state index in [2.05, 4.69) is 55.2 Å². The maximum absolute atomic E-state index is 14.0. The number of benzene rings is 1. The van der Waals surface area contributed by atoms with Gasteiger partial charge in [-0.25, -0.2) is 4.79 Å². The van der Waals surface area contributed by atoms with Crippen LogP contribution in [0.5, 0.6) is 0 Å². The van der Waals surface area contributed by atoms with Crippen LogP contribution < -0.4 is 48.3 Å². The normalized spacial score (nSPS) is 15.6. The first kappa shape index (κ1) is 61.2. The fourth-order valence-corrected chi connectivity index (χ4v) is 7.12. The van der Waals surface area contributed by atoms with E-state index in [1.54, 1.807) is 58.0 Å². The average Bonchev–Trinajstić information content (AvgIpc) is 3.26. The van der Waals surface area contributed by atoms with Crippen molar-refractivity contribution in [1.82, 2.24) is 42.5 Å². The predicted octanol–water partition coefficient (Wildman–Crippen LogP) is -0.880.